The molecular formula is C52H50N14O7. The van der Waals surface area contributed by atoms with E-state index in [4.69, 9.17) is 26.0 Å². The molecule has 370 valence electrons. The molecule has 4 atom stereocenters. The van der Waals surface area contributed by atoms with Crippen LogP contribution in [0.5, 0.6) is 0 Å². The third kappa shape index (κ3) is 7.47. The molecule has 8 aromatic rings. The molecule has 21 nitrogen and oxygen atoms in total. The number of imidazole rings is 2. The van der Waals surface area contributed by atoms with Gasteiger partial charge in [0.15, 0.2) is 22.8 Å². The third-order valence-corrected chi connectivity index (χ3v) is 15.1. The quantitative estimate of drug-likeness (QED) is 0.0954. The van der Waals surface area contributed by atoms with Gasteiger partial charge in [-0.1, -0.05) is 29.1 Å². The second-order valence-electron chi connectivity index (χ2n) is 20.1. The molecule has 10 heterocycles. The number of primary amides is 2. The number of benzene rings is 2. The Kier molecular flexibility index (Phi) is 10.5. The van der Waals surface area contributed by atoms with Crippen LogP contribution in [0.4, 0.5) is 0 Å². The van der Waals surface area contributed by atoms with Gasteiger partial charge in [-0.15, -0.1) is 0 Å². The highest BCUT2D eigenvalue weighted by atomic mass is 16.5. The van der Waals surface area contributed by atoms with Crippen molar-refractivity contribution in [2.75, 3.05) is 0 Å². The zero-order valence-electron chi connectivity index (χ0n) is 40.2. The average Bonchev–Trinajstić information content (AvgIpc) is 4.18. The molecule has 14 rings (SSSR count). The molecule has 2 saturated carbocycles. The average molecular weight is 983 g/mol. The maximum absolute atomic E-state index is 13.1. The van der Waals surface area contributed by atoms with Gasteiger partial charge in [-0.05, 0) is 110 Å². The van der Waals surface area contributed by atoms with Gasteiger partial charge in [0.2, 0.25) is 11.7 Å². The Hall–Kier alpha value is -8.16. The van der Waals surface area contributed by atoms with Crippen molar-refractivity contribution < 1.29 is 34.5 Å². The summed E-state index contributed by atoms with van der Waals surface area (Å²) >= 11 is 0. The van der Waals surface area contributed by atoms with Crippen LogP contribution in [-0.4, -0.2) is 91.0 Å². The molecular weight excluding hydrogens is 933 g/mol. The smallest absolute Gasteiger partial charge is 0.269 e. The number of carbonyl (C=O) groups is 2. The van der Waals surface area contributed by atoms with Crippen LogP contribution < -0.4 is 11.5 Å². The number of nitrogens with zero attached hydrogens (tertiary/aromatic N) is 12. The van der Waals surface area contributed by atoms with Gasteiger partial charge in [0.1, 0.15) is 29.5 Å². The van der Waals surface area contributed by atoms with Crippen LogP contribution in [0.1, 0.15) is 165 Å². The Balaban J connectivity index is 0.897. The number of aryl methyl sites for hydroxylation is 2. The third-order valence-electron chi connectivity index (χ3n) is 15.1. The van der Waals surface area contributed by atoms with Gasteiger partial charge in [-0.3, -0.25) is 19.0 Å². The molecule has 4 aliphatic heterocycles. The zero-order chi connectivity index (χ0) is 50.8. The molecule has 2 aromatic carbocycles. The van der Waals surface area contributed by atoms with E-state index in [9.17, 15) is 30.0 Å². The van der Waals surface area contributed by atoms with Crippen LogP contribution >= 0.6 is 0 Å². The van der Waals surface area contributed by atoms with Gasteiger partial charge in [0.05, 0.1) is 29.2 Å². The predicted molar refractivity (Wildman–Crippen MR) is 258 cm³/mol. The molecule has 6 aliphatic rings. The summed E-state index contributed by atoms with van der Waals surface area (Å²) in [6.07, 6.45) is 6.93. The lowest BCUT2D eigenvalue weighted by Crippen LogP contribution is -2.28. The van der Waals surface area contributed by atoms with E-state index in [0.29, 0.717) is 58.3 Å². The topological polar surface area (TPSA) is 303 Å². The maximum atomic E-state index is 13.1. The van der Waals surface area contributed by atoms with E-state index in [1.54, 1.807) is 73.4 Å². The van der Waals surface area contributed by atoms with Crippen molar-refractivity contribution in [1.82, 2.24) is 58.8 Å². The summed E-state index contributed by atoms with van der Waals surface area (Å²) in [5.41, 5.74) is 15.4. The molecule has 6 aromatic heterocycles. The molecule has 73 heavy (non-hydrogen) atoms. The van der Waals surface area contributed by atoms with Gasteiger partial charge in [-0.2, -0.15) is 15.2 Å². The summed E-state index contributed by atoms with van der Waals surface area (Å²) in [6, 6.07) is 14.6. The van der Waals surface area contributed by atoms with Crippen LogP contribution in [-0.2, 0) is 38.1 Å². The Morgan fingerprint density at radius 3 is 1.93 bits per heavy atom. The lowest BCUT2D eigenvalue weighted by molar-refractivity contribution is 0.0480. The molecule has 4 bridgehead atoms. The summed E-state index contributed by atoms with van der Waals surface area (Å²) < 4.78 is 12.8. The minimum absolute atomic E-state index is 0.0158. The SMILES string of the molecule is Cn1nccc1C(O)c1c(C(N)=O)nc2n1C1CC(C1)c1ccc(C#CC(C)(O)c3noc(Cc4cc(CC(C)(O)c5ncccn5)cc5c4C4CC(C4)n4c-5nc(C(N)=O)c4C(O)c4ccnn4C)n3)cc1-2. The minimum atomic E-state index is -1.89. The molecule has 0 spiro atoms. The van der Waals surface area contributed by atoms with E-state index >= 15 is 0 Å². The van der Waals surface area contributed by atoms with Crippen molar-refractivity contribution in [2.24, 2.45) is 25.6 Å². The van der Waals surface area contributed by atoms with E-state index in [0.717, 1.165) is 35.1 Å². The molecule has 4 unspecified atom stereocenters. The normalized spacial score (nSPS) is 20.4. The highest BCUT2D eigenvalue weighted by molar-refractivity contribution is 5.94. The highest BCUT2D eigenvalue weighted by Crippen LogP contribution is 2.56. The van der Waals surface area contributed by atoms with Crippen molar-refractivity contribution >= 4 is 11.8 Å². The van der Waals surface area contributed by atoms with Gasteiger partial charge < -0.3 is 45.6 Å². The molecule has 0 saturated heterocycles. The summed E-state index contributed by atoms with van der Waals surface area (Å²) in [6.45, 7) is 3.12. The maximum Gasteiger partial charge on any atom is 0.269 e. The number of aromatic nitrogens is 12. The molecule has 8 N–H and O–H groups in total. The largest absolute Gasteiger partial charge is 0.382 e. The van der Waals surface area contributed by atoms with Crippen LogP contribution in [0.15, 0.2) is 77.8 Å². The van der Waals surface area contributed by atoms with Crippen LogP contribution in [0, 0.1) is 11.8 Å². The number of amides is 2. The van der Waals surface area contributed by atoms with Gasteiger partial charge in [-0.25, -0.2) is 19.9 Å². The summed E-state index contributed by atoms with van der Waals surface area (Å²) in [7, 11) is 3.42. The fourth-order valence-corrected chi connectivity index (χ4v) is 11.4. The van der Waals surface area contributed by atoms with E-state index in [2.05, 4.69) is 42.1 Å². The van der Waals surface area contributed by atoms with Crippen molar-refractivity contribution in [3.63, 3.8) is 0 Å². The Labute approximate surface area is 416 Å². The Bertz CT molecular complexity index is 3620. The molecule has 0 radical (unpaired) electrons. The first kappa shape index (κ1) is 45.9. The summed E-state index contributed by atoms with van der Waals surface area (Å²) in [4.78, 5) is 49.0. The van der Waals surface area contributed by atoms with Crippen molar-refractivity contribution in [3.05, 3.63) is 153 Å². The zero-order valence-corrected chi connectivity index (χ0v) is 40.2. The Morgan fingerprint density at radius 1 is 0.767 bits per heavy atom. The summed E-state index contributed by atoms with van der Waals surface area (Å²) in [5, 5.41) is 60.0. The summed E-state index contributed by atoms with van der Waals surface area (Å²) in [5.74, 6) is 6.07. The predicted octanol–water partition coefficient (Wildman–Crippen LogP) is 3.58. The minimum Gasteiger partial charge on any atom is -0.382 e. The lowest BCUT2D eigenvalue weighted by atomic mass is 9.73. The van der Waals surface area contributed by atoms with Crippen molar-refractivity contribution in [3.8, 4) is 34.6 Å². The van der Waals surface area contributed by atoms with Crippen LogP contribution in [0.25, 0.3) is 22.8 Å². The monoisotopic (exact) mass is 982 g/mol. The number of carbonyl (C=O) groups excluding carboxylic acids is 2. The molecule has 2 amide bonds. The van der Waals surface area contributed by atoms with Crippen molar-refractivity contribution in [2.45, 2.75) is 99.7 Å². The first-order chi connectivity index (χ1) is 35.0. The van der Waals surface area contributed by atoms with E-state index in [1.807, 2.05) is 39.5 Å². The number of hydrogen-bond acceptors (Lipinski definition) is 15. The number of aliphatic hydroxyl groups is 4. The van der Waals surface area contributed by atoms with Gasteiger partial charge in [0.25, 0.3) is 11.8 Å². The second-order valence-corrected chi connectivity index (χ2v) is 20.1. The van der Waals surface area contributed by atoms with Crippen LogP contribution in [0.3, 0.4) is 0 Å². The Morgan fingerprint density at radius 2 is 1.36 bits per heavy atom. The highest BCUT2D eigenvalue weighted by Gasteiger charge is 2.46. The standard InChI is InChI=1S/C52H50N14O7/c1-51(71,11-8-25-6-7-32-27-19-30(20-27)65-41(43(67)35-9-14-57-63(35)3)39(45(53)69)60-47(65)33(32)17-25)50-59-37(73-62-50)23-28-16-26(24-52(2,72)49-55-12-5-13-56-49)18-34-38(28)29-21-31(22-29)66-42(40(46(54)70)61-48(34)66)44(68)36-10-15-58-64(36)4/h5-7,9-10,12-18,27,29-31,43-44,67-68,71-72H,19-24H2,1-4H3,(H2,53,69)(H2,54,70). The van der Waals surface area contributed by atoms with E-state index in [1.165, 1.54) is 6.92 Å². The van der Waals surface area contributed by atoms with E-state index in [-0.39, 0.29) is 71.4 Å². The first-order valence-electron chi connectivity index (χ1n) is 24.0. The number of hydrogen-bond donors (Lipinski definition) is 6. The fourth-order valence-electron chi connectivity index (χ4n) is 11.4. The number of aliphatic hydroxyl groups excluding tert-OH is 2. The number of nitrogens with two attached hydrogens (primary N) is 2. The number of rotatable bonds is 12. The molecule has 21 heteroatoms. The second kappa shape index (κ2) is 16.7. The lowest BCUT2D eigenvalue weighted by Gasteiger charge is -2.37. The van der Waals surface area contributed by atoms with E-state index < -0.39 is 35.2 Å². The molecule has 2 fully saturated rings. The van der Waals surface area contributed by atoms with Crippen molar-refractivity contribution in [1.29, 1.82) is 0 Å². The molecule has 2 aliphatic carbocycles. The van der Waals surface area contributed by atoms with Gasteiger partial charge in [0, 0.05) is 74.1 Å². The van der Waals surface area contributed by atoms with Crippen LogP contribution in [0.2, 0.25) is 0 Å². The van der Waals surface area contributed by atoms with Gasteiger partial charge >= 0.3 is 0 Å². The first-order valence-corrected chi connectivity index (χ1v) is 24.0. The fraction of sp³-hybridized carbons (Fsp3) is 0.346.